The first-order valence-corrected chi connectivity index (χ1v) is 7.77. The molecule has 22 heavy (non-hydrogen) atoms. The molecule has 1 aromatic heterocycles. The molecule has 0 saturated carbocycles. The van der Waals surface area contributed by atoms with Crippen molar-refractivity contribution in [2.24, 2.45) is 0 Å². The van der Waals surface area contributed by atoms with Gasteiger partial charge in [0.1, 0.15) is 18.3 Å². The van der Waals surface area contributed by atoms with Gasteiger partial charge in [0.15, 0.2) is 0 Å². The van der Waals surface area contributed by atoms with Gasteiger partial charge < -0.3 is 25.1 Å². The van der Waals surface area contributed by atoms with Gasteiger partial charge in [-0.3, -0.25) is 9.51 Å². The molecule has 0 aliphatic heterocycles. The van der Waals surface area contributed by atoms with Crippen molar-refractivity contribution in [2.45, 2.75) is 18.3 Å². The third kappa shape index (κ3) is 4.28. The Morgan fingerprint density at radius 1 is 1.14 bits per heavy atom. The average molecular weight is 330 g/mol. The van der Waals surface area contributed by atoms with Crippen LogP contribution < -0.4 is 0 Å². The highest BCUT2D eigenvalue weighted by Gasteiger charge is 2.29. The Labute approximate surface area is 125 Å². The van der Waals surface area contributed by atoms with Gasteiger partial charge in [-0.1, -0.05) is 12.1 Å². The highest BCUT2D eigenvalue weighted by atomic mass is 31.2. The average Bonchev–Trinajstić information content (AvgIpc) is 2.50. The van der Waals surface area contributed by atoms with E-state index < -0.39 is 32.7 Å². The van der Waals surface area contributed by atoms with E-state index >= 15 is 0 Å². The number of phosphoric acid groups is 1. The van der Waals surface area contributed by atoms with Gasteiger partial charge in [0.05, 0.1) is 29.5 Å². The van der Waals surface area contributed by atoms with Crippen molar-refractivity contribution in [3.63, 3.8) is 0 Å². The summed E-state index contributed by atoms with van der Waals surface area (Å²) in [6.45, 7) is -0.844. The van der Waals surface area contributed by atoms with Gasteiger partial charge in [-0.15, -0.1) is 0 Å². The predicted octanol–water partition coefficient (Wildman–Crippen LogP) is -0.506. The Balaban J connectivity index is 2.11. The van der Waals surface area contributed by atoms with E-state index in [4.69, 9.17) is 9.79 Å². The molecule has 9 nitrogen and oxygen atoms in total. The summed E-state index contributed by atoms with van der Waals surface area (Å²) in [4.78, 5) is 25.2. The van der Waals surface area contributed by atoms with E-state index in [1.165, 1.54) is 6.20 Å². The second-order valence-corrected chi connectivity index (χ2v) is 5.81. The molecule has 2 aromatic rings. The zero-order valence-electron chi connectivity index (χ0n) is 11.2. The lowest BCUT2D eigenvalue weighted by Crippen LogP contribution is -2.35. The molecule has 1 heterocycles. The van der Waals surface area contributed by atoms with Gasteiger partial charge in [0.2, 0.25) is 0 Å². The molecule has 2 rings (SSSR count). The van der Waals surface area contributed by atoms with E-state index in [2.05, 4.69) is 14.5 Å². The maximum Gasteiger partial charge on any atom is 0.469 e. The molecular formula is C12H15N2O7P. The first-order chi connectivity index (χ1) is 10.3. The summed E-state index contributed by atoms with van der Waals surface area (Å²) in [5.41, 5.74) is 1.10. The number of para-hydroxylation sites is 2. The lowest BCUT2D eigenvalue weighted by atomic mass is 10.1. The van der Waals surface area contributed by atoms with Crippen molar-refractivity contribution >= 4 is 18.9 Å². The second kappa shape index (κ2) is 6.76. The topological polar surface area (TPSA) is 153 Å². The van der Waals surface area contributed by atoms with Crippen LogP contribution in [-0.2, 0) is 9.09 Å². The smallest absolute Gasteiger partial charge is 0.388 e. The normalized spacial score (nSPS) is 16.4. The van der Waals surface area contributed by atoms with Crippen LogP contribution in [-0.4, -0.2) is 53.9 Å². The Morgan fingerprint density at radius 2 is 1.77 bits per heavy atom. The number of nitrogens with zero attached hydrogens (tertiary/aromatic N) is 2. The van der Waals surface area contributed by atoms with E-state index in [1.807, 2.05) is 0 Å². The maximum atomic E-state index is 10.5. The molecule has 120 valence electrons. The first kappa shape index (κ1) is 16.9. The summed E-state index contributed by atoms with van der Waals surface area (Å²) in [5, 5.41) is 29.4. The molecule has 0 radical (unpaired) electrons. The minimum atomic E-state index is -4.77. The molecule has 0 aliphatic rings. The highest BCUT2D eigenvalue weighted by Crippen LogP contribution is 2.36. The molecule has 1 aromatic carbocycles. The quantitative estimate of drug-likeness (QED) is 0.441. The van der Waals surface area contributed by atoms with Gasteiger partial charge in [-0.05, 0) is 12.1 Å². The van der Waals surface area contributed by atoms with Crippen LogP contribution in [0.2, 0.25) is 0 Å². The first-order valence-electron chi connectivity index (χ1n) is 6.24. The minimum Gasteiger partial charge on any atom is -0.388 e. The number of fused-ring (bicyclic) bond motifs is 1. The zero-order chi connectivity index (χ0) is 16.3. The monoisotopic (exact) mass is 330 g/mol. The Kier molecular flexibility index (Phi) is 5.20. The summed E-state index contributed by atoms with van der Waals surface area (Å²) in [6, 6.07) is 6.88. The molecule has 0 spiro atoms. The molecule has 0 saturated heterocycles. The number of hydrogen-bond acceptors (Lipinski definition) is 7. The van der Waals surface area contributed by atoms with Gasteiger partial charge in [0, 0.05) is 0 Å². The summed E-state index contributed by atoms with van der Waals surface area (Å²) in [6.07, 6.45) is -3.81. The van der Waals surface area contributed by atoms with Crippen LogP contribution in [0.1, 0.15) is 11.8 Å². The van der Waals surface area contributed by atoms with E-state index in [1.54, 1.807) is 24.3 Å². The van der Waals surface area contributed by atoms with Gasteiger partial charge in [0.25, 0.3) is 0 Å². The standard InChI is InChI=1S/C12H15N2O7P/c15-10(6-21-22(18,19)20)12(17)11(16)9-5-13-7-3-1-2-4-8(7)14-9/h1-5,10-12,15-17H,6H2,(H2,18,19,20). The summed E-state index contributed by atoms with van der Waals surface area (Å²) >= 11 is 0. The number of aromatic nitrogens is 2. The Hall–Kier alpha value is -1.45. The number of rotatable bonds is 6. The SMILES string of the molecule is O=P(O)(O)OCC(O)C(O)C(O)c1cnc2ccccc2n1. The summed E-state index contributed by atoms with van der Waals surface area (Å²) < 4.78 is 14.6. The molecule has 0 amide bonds. The number of aliphatic hydroxyl groups excluding tert-OH is 3. The van der Waals surface area contributed by atoms with Crippen molar-refractivity contribution in [1.29, 1.82) is 0 Å². The van der Waals surface area contributed by atoms with Gasteiger partial charge in [-0.25, -0.2) is 9.55 Å². The predicted molar refractivity (Wildman–Crippen MR) is 74.5 cm³/mol. The number of hydrogen-bond donors (Lipinski definition) is 5. The maximum absolute atomic E-state index is 10.5. The van der Waals surface area contributed by atoms with Crippen molar-refractivity contribution < 1.29 is 34.2 Å². The second-order valence-electron chi connectivity index (χ2n) is 4.57. The van der Waals surface area contributed by atoms with Crippen LogP contribution in [0.5, 0.6) is 0 Å². The summed E-state index contributed by atoms with van der Waals surface area (Å²) in [5.74, 6) is 0. The lowest BCUT2D eigenvalue weighted by Gasteiger charge is -2.22. The van der Waals surface area contributed by atoms with Crippen LogP contribution in [0.4, 0.5) is 0 Å². The van der Waals surface area contributed by atoms with Gasteiger partial charge >= 0.3 is 7.82 Å². The number of aliphatic hydroxyl groups is 3. The molecule has 0 fully saturated rings. The van der Waals surface area contributed by atoms with E-state index in [-0.39, 0.29) is 5.69 Å². The van der Waals surface area contributed by atoms with E-state index in [0.29, 0.717) is 11.0 Å². The van der Waals surface area contributed by atoms with Crippen LogP contribution in [0.25, 0.3) is 11.0 Å². The molecule has 5 N–H and O–H groups in total. The fourth-order valence-corrected chi connectivity index (χ4v) is 2.12. The van der Waals surface area contributed by atoms with Crippen molar-refractivity contribution in [1.82, 2.24) is 9.97 Å². The largest absolute Gasteiger partial charge is 0.469 e. The molecular weight excluding hydrogens is 315 g/mol. The van der Waals surface area contributed by atoms with Crippen molar-refractivity contribution in [3.8, 4) is 0 Å². The fourth-order valence-electron chi connectivity index (χ4n) is 1.77. The van der Waals surface area contributed by atoms with Crippen molar-refractivity contribution in [2.75, 3.05) is 6.61 Å². The van der Waals surface area contributed by atoms with Crippen LogP contribution in [0.3, 0.4) is 0 Å². The van der Waals surface area contributed by atoms with E-state index in [0.717, 1.165) is 0 Å². The van der Waals surface area contributed by atoms with Crippen molar-refractivity contribution in [3.05, 3.63) is 36.2 Å². The third-order valence-electron chi connectivity index (χ3n) is 2.90. The molecule has 0 aliphatic carbocycles. The Bertz CT molecular complexity index is 692. The third-order valence-corrected chi connectivity index (χ3v) is 3.39. The molecule has 10 heteroatoms. The van der Waals surface area contributed by atoms with Crippen LogP contribution in [0.15, 0.2) is 30.5 Å². The highest BCUT2D eigenvalue weighted by molar-refractivity contribution is 7.46. The van der Waals surface area contributed by atoms with Crippen LogP contribution >= 0.6 is 7.82 Å². The zero-order valence-corrected chi connectivity index (χ0v) is 12.1. The minimum absolute atomic E-state index is 0.0152. The fraction of sp³-hybridized carbons (Fsp3) is 0.333. The van der Waals surface area contributed by atoms with E-state index in [9.17, 15) is 19.9 Å². The van der Waals surface area contributed by atoms with Crippen LogP contribution in [0, 0.1) is 0 Å². The Morgan fingerprint density at radius 3 is 2.41 bits per heavy atom. The molecule has 0 bridgehead atoms. The molecule has 3 atom stereocenters. The molecule has 3 unspecified atom stereocenters. The number of benzene rings is 1. The van der Waals surface area contributed by atoms with Gasteiger partial charge in [-0.2, -0.15) is 0 Å². The lowest BCUT2D eigenvalue weighted by molar-refractivity contribution is -0.0779. The summed E-state index contributed by atoms with van der Waals surface area (Å²) in [7, 11) is -4.77. The number of phosphoric ester groups is 1.